The highest BCUT2D eigenvalue weighted by molar-refractivity contribution is 5.92. The van der Waals surface area contributed by atoms with Crippen molar-refractivity contribution < 1.29 is 28.2 Å². The number of carbonyl (C=O) groups is 1. The fraction of sp³-hybridized carbons (Fsp3) is 0.296. The van der Waals surface area contributed by atoms with Gasteiger partial charge in [0.05, 0.1) is 7.11 Å². The van der Waals surface area contributed by atoms with E-state index in [1.165, 1.54) is 13.4 Å². The van der Waals surface area contributed by atoms with E-state index in [2.05, 4.69) is 10.1 Å². The van der Waals surface area contributed by atoms with Gasteiger partial charge in [-0.3, -0.25) is 4.79 Å². The Hall–Kier alpha value is -4.21. The minimum atomic E-state index is -0.902. The van der Waals surface area contributed by atoms with Crippen molar-refractivity contribution in [1.29, 1.82) is 0 Å². The van der Waals surface area contributed by atoms with Crippen LogP contribution in [0.1, 0.15) is 49.3 Å². The Labute approximate surface area is 211 Å². The number of aliphatic carboxylic acids is 1. The number of aromatic nitrogens is 3. The molecule has 1 saturated carbocycles. The first kappa shape index (κ1) is 24.5. The molecule has 0 radical (unpaired) electrons. The maximum absolute atomic E-state index is 13.7. The highest BCUT2D eigenvalue weighted by Gasteiger charge is 2.30. The summed E-state index contributed by atoms with van der Waals surface area (Å²) in [6, 6.07) is 8.06. The molecule has 0 spiro atoms. The van der Waals surface area contributed by atoms with Gasteiger partial charge in [-0.2, -0.15) is 5.10 Å². The number of halogens is 2. The minimum absolute atomic E-state index is 0.0128. The first-order valence-electron chi connectivity index (χ1n) is 12.0. The van der Waals surface area contributed by atoms with Gasteiger partial charge in [0.1, 0.15) is 29.2 Å². The van der Waals surface area contributed by atoms with Crippen LogP contribution in [0.5, 0.6) is 17.2 Å². The summed E-state index contributed by atoms with van der Waals surface area (Å²) in [5.74, 6) is -1.35. The first-order valence-corrected chi connectivity index (χ1v) is 12.0. The van der Waals surface area contributed by atoms with Gasteiger partial charge in [0.15, 0.2) is 17.3 Å². The van der Waals surface area contributed by atoms with Crippen molar-refractivity contribution in [2.75, 3.05) is 12.8 Å². The van der Waals surface area contributed by atoms with Gasteiger partial charge in [0.25, 0.3) is 0 Å². The van der Waals surface area contributed by atoms with E-state index in [0.717, 1.165) is 60.7 Å². The minimum Gasteiger partial charge on any atom is -0.493 e. The number of carboxylic acid groups (broad SMARTS) is 1. The van der Waals surface area contributed by atoms with Crippen LogP contribution in [0.15, 0.2) is 42.7 Å². The van der Waals surface area contributed by atoms with E-state index in [1.807, 2.05) is 0 Å². The van der Waals surface area contributed by atoms with Gasteiger partial charge >= 0.3 is 5.97 Å². The molecular formula is C27H26F2N4O4. The van der Waals surface area contributed by atoms with Crippen LogP contribution in [0.2, 0.25) is 0 Å². The molecule has 3 N–H and O–H groups in total. The average molecular weight is 509 g/mol. The Morgan fingerprint density at radius 3 is 2.54 bits per heavy atom. The molecule has 1 fully saturated rings. The van der Waals surface area contributed by atoms with Crippen molar-refractivity contribution in [2.45, 2.75) is 44.4 Å². The number of hydrogen-bond donors (Lipinski definition) is 2. The fourth-order valence-corrected chi connectivity index (χ4v) is 5.22. The molecule has 2 aromatic carbocycles. The third-order valence-electron chi connectivity index (χ3n) is 6.74. The Bertz CT molecular complexity index is 1460. The van der Waals surface area contributed by atoms with Crippen LogP contribution in [0, 0.1) is 11.6 Å². The van der Waals surface area contributed by atoms with Crippen LogP contribution in [0.3, 0.4) is 0 Å². The van der Waals surface area contributed by atoms with E-state index in [0.29, 0.717) is 23.3 Å². The molecule has 192 valence electrons. The summed E-state index contributed by atoms with van der Waals surface area (Å²) in [5, 5.41) is 14.0. The van der Waals surface area contributed by atoms with Gasteiger partial charge in [-0.1, -0.05) is 18.9 Å². The number of methoxy groups -OCH3 is 1. The molecule has 1 aliphatic rings. The fourth-order valence-electron chi connectivity index (χ4n) is 5.22. The topological polar surface area (TPSA) is 112 Å². The second kappa shape index (κ2) is 10.0. The predicted molar refractivity (Wildman–Crippen MR) is 133 cm³/mol. The molecule has 2 heterocycles. The van der Waals surface area contributed by atoms with Gasteiger partial charge in [0, 0.05) is 41.8 Å². The van der Waals surface area contributed by atoms with Gasteiger partial charge in [0.2, 0.25) is 0 Å². The van der Waals surface area contributed by atoms with E-state index >= 15 is 0 Å². The lowest BCUT2D eigenvalue weighted by Crippen LogP contribution is -2.07. The van der Waals surface area contributed by atoms with E-state index in [-0.39, 0.29) is 29.7 Å². The zero-order valence-corrected chi connectivity index (χ0v) is 20.2. The van der Waals surface area contributed by atoms with Gasteiger partial charge < -0.3 is 20.3 Å². The Morgan fingerprint density at radius 1 is 1.14 bits per heavy atom. The number of anilines is 1. The third-order valence-corrected chi connectivity index (χ3v) is 6.74. The Balaban J connectivity index is 1.67. The number of fused-ring (bicyclic) bond motifs is 1. The summed E-state index contributed by atoms with van der Waals surface area (Å²) in [6.45, 7) is 0. The second-order valence-electron chi connectivity index (χ2n) is 9.09. The average Bonchev–Trinajstić information content (AvgIpc) is 3.49. The smallest absolute Gasteiger partial charge is 0.303 e. The van der Waals surface area contributed by atoms with E-state index in [9.17, 15) is 18.7 Å². The molecule has 1 aliphatic carbocycles. The van der Waals surface area contributed by atoms with Crippen molar-refractivity contribution in [1.82, 2.24) is 14.6 Å². The number of rotatable bonds is 8. The second-order valence-corrected chi connectivity index (χ2v) is 9.09. The van der Waals surface area contributed by atoms with Crippen LogP contribution in [-0.4, -0.2) is 32.8 Å². The number of benzene rings is 2. The lowest BCUT2D eigenvalue weighted by molar-refractivity contribution is -0.136. The zero-order chi connectivity index (χ0) is 26.1. The molecule has 37 heavy (non-hydrogen) atoms. The first-order chi connectivity index (χ1) is 17.9. The summed E-state index contributed by atoms with van der Waals surface area (Å²) in [7, 11) is 1.46. The highest BCUT2D eigenvalue weighted by atomic mass is 19.1. The molecule has 2 aromatic heterocycles. The summed E-state index contributed by atoms with van der Waals surface area (Å²) < 4.78 is 40.4. The van der Waals surface area contributed by atoms with Crippen molar-refractivity contribution in [3.8, 4) is 28.4 Å². The van der Waals surface area contributed by atoms with E-state index in [4.69, 9.17) is 15.2 Å². The Kier molecular flexibility index (Phi) is 6.64. The lowest BCUT2D eigenvalue weighted by Gasteiger charge is -2.14. The SMILES string of the molecule is COc1cc(-c2c(CCC(=O)O)c(C3CCCC3)n3ncnc(N)c23)ccc1Oc1cc(F)cc(F)c1. The van der Waals surface area contributed by atoms with Crippen molar-refractivity contribution in [2.24, 2.45) is 0 Å². The van der Waals surface area contributed by atoms with Crippen molar-refractivity contribution in [3.63, 3.8) is 0 Å². The molecule has 8 nitrogen and oxygen atoms in total. The number of hydrogen-bond acceptors (Lipinski definition) is 6. The third kappa shape index (κ3) is 4.78. The summed E-state index contributed by atoms with van der Waals surface area (Å²) >= 11 is 0. The van der Waals surface area contributed by atoms with E-state index < -0.39 is 17.6 Å². The summed E-state index contributed by atoms with van der Waals surface area (Å²) in [5.41, 5.74) is 10.2. The molecule has 0 saturated heterocycles. The molecule has 0 unspecified atom stereocenters. The molecule has 0 amide bonds. The lowest BCUT2D eigenvalue weighted by atomic mass is 9.92. The molecule has 10 heteroatoms. The van der Waals surface area contributed by atoms with Crippen molar-refractivity contribution in [3.05, 3.63) is 65.6 Å². The number of nitrogens with zero attached hydrogens (tertiary/aromatic N) is 3. The molecular weight excluding hydrogens is 482 g/mol. The molecule has 0 atom stereocenters. The maximum Gasteiger partial charge on any atom is 0.303 e. The standard InChI is InChI=1S/C27H26F2N4O4/c1-36-22-10-16(6-8-21(22)37-19-12-17(28)11-18(29)13-19)24-20(7-9-23(34)35)25(15-4-2-3-5-15)33-26(24)27(30)31-14-32-33/h6,8,10-15H,2-5,7,9H2,1H3,(H,34,35)(H2,30,31,32). The quantitative estimate of drug-likeness (QED) is 0.312. The summed E-state index contributed by atoms with van der Waals surface area (Å²) in [4.78, 5) is 15.8. The number of ether oxygens (including phenoxy) is 2. The molecule has 0 bridgehead atoms. The monoisotopic (exact) mass is 508 g/mol. The maximum atomic E-state index is 13.7. The number of nitrogen functional groups attached to an aromatic ring is 1. The van der Waals surface area contributed by atoms with Crippen LogP contribution in [0.25, 0.3) is 16.6 Å². The van der Waals surface area contributed by atoms with Gasteiger partial charge in [-0.05, 0) is 42.5 Å². The van der Waals surface area contributed by atoms with Crippen LogP contribution >= 0.6 is 0 Å². The van der Waals surface area contributed by atoms with E-state index in [1.54, 1.807) is 22.7 Å². The van der Waals surface area contributed by atoms with Crippen LogP contribution in [-0.2, 0) is 11.2 Å². The molecule has 5 rings (SSSR count). The largest absolute Gasteiger partial charge is 0.493 e. The van der Waals surface area contributed by atoms with Crippen molar-refractivity contribution >= 4 is 17.3 Å². The molecule has 0 aliphatic heterocycles. The number of carboxylic acids is 1. The summed E-state index contributed by atoms with van der Waals surface area (Å²) in [6.07, 6.45) is 5.79. The van der Waals surface area contributed by atoms with Gasteiger partial charge in [-0.15, -0.1) is 0 Å². The van der Waals surface area contributed by atoms with Gasteiger partial charge in [-0.25, -0.2) is 18.3 Å². The van der Waals surface area contributed by atoms with Crippen LogP contribution < -0.4 is 15.2 Å². The van der Waals surface area contributed by atoms with Crippen LogP contribution in [0.4, 0.5) is 14.6 Å². The normalized spacial score (nSPS) is 13.8. The Morgan fingerprint density at radius 2 is 1.86 bits per heavy atom. The highest BCUT2D eigenvalue weighted by Crippen LogP contribution is 2.45. The zero-order valence-electron chi connectivity index (χ0n) is 20.2. The molecule has 4 aromatic rings. The number of nitrogens with two attached hydrogens (primary N) is 1. The predicted octanol–water partition coefficient (Wildman–Crippen LogP) is 5.73.